The van der Waals surface area contributed by atoms with Gasteiger partial charge in [0.1, 0.15) is 5.75 Å². The first-order valence-electron chi connectivity index (χ1n) is 5.56. The van der Waals surface area contributed by atoms with Crippen molar-refractivity contribution < 1.29 is 4.74 Å². The molecule has 0 unspecified atom stereocenters. The van der Waals surface area contributed by atoms with Crippen LogP contribution >= 0.6 is 12.2 Å². The molecule has 0 heterocycles. The maximum Gasteiger partial charge on any atom is 0.186 e. The zero-order chi connectivity index (χ0) is 12.5. The number of thiocarbonyl (C=S) groups is 1. The SMILES string of the molecule is CCNC(=S)N/N=C/c1cccc(OCC)c1. The number of hydrogen-bond acceptors (Lipinski definition) is 3. The van der Waals surface area contributed by atoms with E-state index in [9.17, 15) is 0 Å². The summed E-state index contributed by atoms with van der Waals surface area (Å²) < 4.78 is 5.39. The van der Waals surface area contributed by atoms with Gasteiger partial charge in [0.05, 0.1) is 12.8 Å². The Morgan fingerprint density at radius 2 is 2.29 bits per heavy atom. The van der Waals surface area contributed by atoms with E-state index in [-0.39, 0.29) is 0 Å². The van der Waals surface area contributed by atoms with Crippen molar-refractivity contribution in [2.24, 2.45) is 5.10 Å². The highest BCUT2D eigenvalue weighted by atomic mass is 32.1. The van der Waals surface area contributed by atoms with Gasteiger partial charge in [-0.15, -0.1) is 0 Å². The van der Waals surface area contributed by atoms with Gasteiger partial charge in [-0.3, -0.25) is 5.43 Å². The highest BCUT2D eigenvalue weighted by Crippen LogP contribution is 2.11. The quantitative estimate of drug-likeness (QED) is 0.477. The van der Waals surface area contributed by atoms with Crippen LogP contribution in [0.4, 0.5) is 0 Å². The summed E-state index contributed by atoms with van der Waals surface area (Å²) in [4.78, 5) is 0. The van der Waals surface area contributed by atoms with E-state index in [2.05, 4.69) is 15.8 Å². The Hall–Kier alpha value is -1.62. The number of nitrogens with one attached hydrogen (secondary N) is 2. The summed E-state index contributed by atoms with van der Waals surface area (Å²) in [6.07, 6.45) is 1.70. The molecule has 17 heavy (non-hydrogen) atoms. The Balaban J connectivity index is 2.52. The molecule has 0 atom stereocenters. The standard InChI is InChI=1S/C12H17N3OS/c1-3-13-12(17)15-14-9-10-6-5-7-11(8-10)16-4-2/h5-9H,3-4H2,1-2H3,(H2,13,15,17)/b14-9+. The Morgan fingerprint density at radius 1 is 1.47 bits per heavy atom. The van der Waals surface area contributed by atoms with E-state index in [1.54, 1.807) is 6.21 Å². The largest absolute Gasteiger partial charge is 0.494 e. The van der Waals surface area contributed by atoms with E-state index >= 15 is 0 Å². The van der Waals surface area contributed by atoms with Crippen molar-refractivity contribution in [3.05, 3.63) is 29.8 Å². The molecule has 92 valence electrons. The van der Waals surface area contributed by atoms with Crippen molar-refractivity contribution in [3.63, 3.8) is 0 Å². The molecule has 0 amide bonds. The van der Waals surface area contributed by atoms with Crippen LogP contribution in [0.25, 0.3) is 0 Å². The van der Waals surface area contributed by atoms with Crippen molar-refractivity contribution in [2.45, 2.75) is 13.8 Å². The van der Waals surface area contributed by atoms with Crippen LogP contribution in [0.2, 0.25) is 0 Å². The molecular formula is C12H17N3OS. The molecule has 5 heteroatoms. The molecule has 0 saturated heterocycles. The second-order valence-electron chi connectivity index (χ2n) is 3.23. The number of hydrogen-bond donors (Lipinski definition) is 2. The summed E-state index contributed by atoms with van der Waals surface area (Å²) in [7, 11) is 0. The number of ether oxygens (including phenoxy) is 1. The van der Waals surface area contributed by atoms with Crippen LogP contribution in [0.5, 0.6) is 5.75 Å². The lowest BCUT2D eigenvalue weighted by molar-refractivity contribution is 0.340. The molecule has 1 aromatic carbocycles. The molecule has 0 radical (unpaired) electrons. The second-order valence-corrected chi connectivity index (χ2v) is 3.64. The van der Waals surface area contributed by atoms with Crippen LogP contribution in [-0.2, 0) is 0 Å². The van der Waals surface area contributed by atoms with Crippen molar-refractivity contribution in [1.82, 2.24) is 10.7 Å². The Bertz CT molecular complexity index is 393. The van der Waals surface area contributed by atoms with Gasteiger partial charge in [-0.1, -0.05) is 12.1 Å². The van der Waals surface area contributed by atoms with Gasteiger partial charge >= 0.3 is 0 Å². The second kappa shape index (κ2) is 7.62. The van der Waals surface area contributed by atoms with Gasteiger partial charge in [-0.05, 0) is 43.8 Å². The number of benzene rings is 1. The number of hydrazone groups is 1. The molecule has 0 fully saturated rings. The molecule has 0 aliphatic carbocycles. The van der Waals surface area contributed by atoms with E-state index in [0.717, 1.165) is 17.9 Å². The molecule has 0 spiro atoms. The topological polar surface area (TPSA) is 45.7 Å². The Kier molecular flexibility index (Phi) is 6.03. The van der Waals surface area contributed by atoms with Gasteiger partial charge in [-0.25, -0.2) is 0 Å². The van der Waals surface area contributed by atoms with E-state index < -0.39 is 0 Å². The van der Waals surface area contributed by atoms with Crippen LogP contribution in [0.3, 0.4) is 0 Å². The molecule has 0 saturated carbocycles. The minimum absolute atomic E-state index is 0.518. The molecule has 4 nitrogen and oxygen atoms in total. The molecule has 1 rings (SSSR count). The highest BCUT2D eigenvalue weighted by Gasteiger charge is 1.93. The minimum atomic E-state index is 0.518. The summed E-state index contributed by atoms with van der Waals surface area (Å²) in [6, 6.07) is 7.71. The number of nitrogens with zero attached hydrogens (tertiary/aromatic N) is 1. The van der Waals surface area contributed by atoms with Crippen LogP contribution in [-0.4, -0.2) is 24.5 Å². The molecule has 0 bridgehead atoms. The predicted octanol–water partition coefficient (Wildman–Crippen LogP) is 1.90. The third-order valence-corrected chi connectivity index (χ3v) is 2.12. The smallest absolute Gasteiger partial charge is 0.186 e. The van der Waals surface area contributed by atoms with Gasteiger partial charge in [0.15, 0.2) is 5.11 Å². The van der Waals surface area contributed by atoms with Crippen LogP contribution in [0.15, 0.2) is 29.4 Å². The van der Waals surface area contributed by atoms with Crippen LogP contribution < -0.4 is 15.5 Å². The van der Waals surface area contributed by atoms with E-state index in [1.165, 1.54) is 0 Å². The zero-order valence-electron chi connectivity index (χ0n) is 10.1. The molecule has 0 aliphatic rings. The van der Waals surface area contributed by atoms with Crippen molar-refractivity contribution >= 4 is 23.5 Å². The summed E-state index contributed by atoms with van der Waals surface area (Å²) in [5, 5.41) is 7.49. The fourth-order valence-corrected chi connectivity index (χ4v) is 1.41. The zero-order valence-corrected chi connectivity index (χ0v) is 10.9. The minimum Gasteiger partial charge on any atom is -0.494 e. The van der Waals surface area contributed by atoms with E-state index in [0.29, 0.717) is 11.7 Å². The average molecular weight is 251 g/mol. The maximum atomic E-state index is 5.39. The summed E-state index contributed by atoms with van der Waals surface area (Å²) in [6.45, 7) is 5.37. The normalized spacial score (nSPS) is 10.2. The first kappa shape index (κ1) is 13.4. The van der Waals surface area contributed by atoms with E-state index in [1.807, 2.05) is 38.1 Å². The summed E-state index contributed by atoms with van der Waals surface area (Å²) in [5.41, 5.74) is 3.69. The lowest BCUT2D eigenvalue weighted by atomic mass is 10.2. The lowest BCUT2D eigenvalue weighted by Crippen LogP contribution is -2.31. The summed E-state index contributed by atoms with van der Waals surface area (Å²) >= 11 is 4.98. The van der Waals surface area contributed by atoms with Gasteiger partial charge < -0.3 is 10.1 Å². The van der Waals surface area contributed by atoms with Crippen LogP contribution in [0, 0.1) is 0 Å². The maximum absolute atomic E-state index is 5.39. The van der Waals surface area contributed by atoms with Crippen LogP contribution in [0.1, 0.15) is 19.4 Å². The molecule has 1 aromatic rings. The van der Waals surface area contributed by atoms with Crippen molar-refractivity contribution in [1.29, 1.82) is 0 Å². The fraction of sp³-hybridized carbons (Fsp3) is 0.333. The van der Waals surface area contributed by atoms with E-state index in [4.69, 9.17) is 17.0 Å². The molecule has 0 aromatic heterocycles. The lowest BCUT2D eigenvalue weighted by Gasteiger charge is -2.04. The Labute approximate surface area is 107 Å². The predicted molar refractivity (Wildman–Crippen MR) is 74.6 cm³/mol. The van der Waals surface area contributed by atoms with Gasteiger partial charge in [-0.2, -0.15) is 5.10 Å². The average Bonchev–Trinajstić information content (AvgIpc) is 2.30. The molecular weight excluding hydrogens is 234 g/mol. The Morgan fingerprint density at radius 3 is 3.00 bits per heavy atom. The molecule has 0 aliphatic heterocycles. The third kappa shape index (κ3) is 5.31. The summed E-state index contributed by atoms with van der Waals surface area (Å²) in [5.74, 6) is 0.839. The molecule has 2 N–H and O–H groups in total. The van der Waals surface area contributed by atoms with Gasteiger partial charge in [0.25, 0.3) is 0 Å². The third-order valence-electron chi connectivity index (χ3n) is 1.89. The number of rotatable bonds is 5. The fourth-order valence-electron chi connectivity index (χ4n) is 1.22. The van der Waals surface area contributed by atoms with Crippen molar-refractivity contribution in [3.8, 4) is 5.75 Å². The first-order chi connectivity index (χ1) is 8.26. The first-order valence-corrected chi connectivity index (χ1v) is 5.96. The monoisotopic (exact) mass is 251 g/mol. The highest BCUT2D eigenvalue weighted by molar-refractivity contribution is 7.80. The van der Waals surface area contributed by atoms with Crippen molar-refractivity contribution in [2.75, 3.05) is 13.2 Å². The van der Waals surface area contributed by atoms with Gasteiger partial charge in [0, 0.05) is 6.54 Å². The van der Waals surface area contributed by atoms with Gasteiger partial charge in [0.2, 0.25) is 0 Å².